The van der Waals surface area contributed by atoms with Crippen LogP contribution in [0, 0.1) is 5.82 Å². The van der Waals surface area contributed by atoms with Gasteiger partial charge in [0.2, 0.25) is 0 Å². The van der Waals surface area contributed by atoms with Gasteiger partial charge in [0.05, 0.1) is 11.7 Å². The van der Waals surface area contributed by atoms with E-state index < -0.39 is 11.7 Å². The molecule has 1 unspecified atom stereocenters. The molecule has 0 saturated carbocycles. The molecule has 0 aliphatic carbocycles. The van der Waals surface area contributed by atoms with E-state index in [9.17, 15) is 9.18 Å². The molecule has 0 aliphatic rings. The second kappa shape index (κ2) is 7.53. The zero-order valence-electron chi connectivity index (χ0n) is 13.9. The van der Waals surface area contributed by atoms with Crippen LogP contribution in [0.3, 0.4) is 0 Å². The second-order valence-electron chi connectivity index (χ2n) is 6.32. The molecule has 1 aromatic carbocycles. The molecule has 1 heterocycles. The molecule has 0 fully saturated rings. The molecular formula is C17H20BrFN2O2S. The fourth-order valence-electron chi connectivity index (χ4n) is 2.05. The Balaban J connectivity index is 2.11. The first kappa shape index (κ1) is 18.7. The van der Waals surface area contributed by atoms with Gasteiger partial charge in [-0.2, -0.15) is 0 Å². The van der Waals surface area contributed by atoms with Crippen molar-refractivity contribution in [1.82, 2.24) is 0 Å². The molecule has 4 nitrogen and oxygen atoms in total. The first-order valence-corrected chi connectivity index (χ1v) is 9.12. The third-order valence-corrected chi connectivity index (χ3v) is 5.08. The minimum Gasteiger partial charge on any atom is -0.444 e. The van der Waals surface area contributed by atoms with Crippen LogP contribution in [0.4, 0.5) is 20.6 Å². The van der Waals surface area contributed by atoms with Crippen molar-refractivity contribution < 1.29 is 13.9 Å². The van der Waals surface area contributed by atoms with Gasteiger partial charge in [-0.3, -0.25) is 5.32 Å². The summed E-state index contributed by atoms with van der Waals surface area (Å²) in [6, 6.07) is 6.24. The third kappa shape index (κ3) is 5.21. The fraction of sp³-hybridized carbons (Fsp3) is 0.353. The van der Waals surface area contributed by atoms with Crippen LogP contribution >= 0.6 is 27.3 Å². The highest BCUT2D eigenvalue weighted by molar-refractivity contribution is 9.10. The number of hydrogen-bond donors (Lipinski definition) is 2. The van der Waals surface area contributed by atoms with Gasteiger partial charge in [-0.25, -0.2) is 9.18 Å². The molecule has 2 N–H and O–H groups in total. The lowest BCUT2D eigenvalue weighted by atomic mass is 10.2. The van der Waals surface area contributed by atoms with Crippen LogP contribution in [0.25, 0.3) is 0 Å². The van der Waals surface area contributed by atoms with E-state index in [2.05, 4.69) is 26.6 Å². The largest absolute Gasteiger partial charge is 0.444 e. The number of anilines is 2. The van der Waals surface area contributed by atoms with E-state index in [1.54, 1.807) is 38.2 Å². The van der Waals surface area contributed by atoms with Crippen molar-refractivity contribution in [1.29, 1.82) is 0 Å². The lowest BCUT2D eigenvalue weighted by molar-refractivity contribution is 0.0636. The SMILES string of the molecule is CC(Nc1cc(NC(=O)OC(C)(C)C)ccc1F)c1sccc1Br. The van der Waals surface area contributed by atoms with Gasteiger partial charge < -0.3 is 10.1 Å². The van der Waals surface area contributed by atoms with Gasteiger partial charge in [0.1, 0.15) is 11.4 Å². The van der Waals surface area contributed by atoms with Crippen molar-refractivity contribution in [2.75, 3.05) is 10.6 Å². The van der Waals surface area contributed by atoms with Crippen LogP contribution in [0.2, 0.25) is 0 Å². The Labute approximate surface area is 153 Å². The Kier molecular flexibility index (Phi) is 5.87. The number of ether oxygens (including phenoxy) is 1. The highest BCUT2D eigenvalue weighted by atomic mass is 79.9. The summed E-state index contributed by atoms with van der Waals surface area (Å²) in [5, 5.41) is 7.71. The van der Waals surface area contributed by atoms with Crippen LogP contribution in [-0.4, -0.2) is 11.7 Å². The number of hydrogen-bond acceptors (Lipinski definition) is 4. The fourth-order valence-corrected chi connectivity index (χ4v) is 3.77. The predicted octanol–water partition coefficient (Wildman–Crippen LogP) is 6.17. The Hall–Kier alpha value is -1.60. The molecule has 7 heteroatoms. The lowest BCUT2D eigenvalue weighted by Gasteiger charge is -2.20. The number of carbonyl (C=O) groups is 1. The number of thiophene rings is 1. The number of halogens is 2. The monoisotopic (exact) mass is 414 g/mol. The summed E-state index contributed by atoms with van der Waals surface area (Å²) < 4.78 is 20.2. The highest BCUT2D eigenvalue weighted by Gasteiger charge is 2.17. The number of rotatable bonds is 4. The molecule has 0 radical (unpaired) electrons. The van der Waals surface area contributed by atoms with E-state index in [4.69, 9.17) is 4.74 Å². The van der Waals surface area contributed by atoms with E-state index in [1.807, 2.05) is 18.4 Å². The van der Waals surface area contributed by atoms with Crippen molar-refractivity contribution in [2.24, 2.45) is 0 Å². The maximum absolute atomic E-state index is 14.1. The first-order chi connectivity index (χ1) is 11.2. The van der Waals surface area contributed by atoms with Crippen molar-refractivity contribution >= 4 is 44.7 Å². The van der Waals surface area contributed by atoms with E-state index >= 15 is 0 Å². The van der Waals surface area contributed by atoms with Crippen molar-refractivity contribution in [3.8, 4) is 0 Å². The van der Waals surface area contributed by atoms with E-state index in [-0.39, 0.29) is 11.9 Å². The molecule has 2 rings (SSSR count). The maximum Gasteiger partial charge on any atom is 0.412 e. The summed E-state index contributed by atoms with van der Waals surface area (Å²) in [6.45, 7) is 7.30. The van der Waals surface area contributed by atoms with Crippen molar-refractivity contribution in [3.63, 3.8) is 0 Å². The minimum atomic E-state index is -0.592. The van der Waals surface area contributed by atoms with Gasteiger partial charge in [-0.15, -0.1) is 11.3 Å². The lowest BCUT2D eigenvalue weighted by Crippen LogP contribution is -2.27. The molecule has 2 aromatic rings. The Morgan fingerprint density at radius 3 is 2.62 bits per heavy atom. The predicted molar refractivity (Wildman–Crippen MR) is 100 cm³/mol. The third-order valence-electron chi connectivity index (χ3n) is 3.02. The molecule has 1 atom stereocenters. The molecule has 1 aromatic heterocycles. The van der Waals surface area contributed by atoms with Crippen LogP contribution in [-0.2, 0) is 4.74 Å². The number of carbonyl (C=O) groups excluding carboxylic acids is 1. The summed E-state index contributed by atoms with van der Waals surface area (Å²) >= 11 is 5.06. The van der Waals surface area contributed by atoms with Gasteiger partial charge in [0.25, 0.3) is 0 Å². The van der Waals surface area contributed by atoms with Gasteiger partial charge in [-0.05, 0) is 73.3 Å². The number of nitrogens with one attached hydrogen (secondary N) is 2. The van der Waals surface area contributed by atoms with Gasteiger partial charge in [0, 0.05) is 15.0 Å². The maximum atomic E-state index is 14.1. The van der Waals surface area contributed by atoms with Crippen LogP contribution in [0.15, 0.2) is 34.1 Å². The summed E-state index contributed by atoms with van der Waals surface area (Å²) in [5.74, 6) is -0.385. The summed E-state index contributed by atoms with van der Waals surface area (Å²) in [6.07, 6.45) is -0.575. The van der Waals surface area contributed by atoms with E-state index in [0.29, 0.717) is 11.4 Å². The standard InChI is InChI=1S/C17H20BrFN2O2S/c1-10(15-12(18)7-8-24-15)20-14-9-11(5-6-13(14)19)21-16(22)23-17(2,3)4/h5-10,20H,1-4H3,(H,21,22). The van der Waals surface area contributed by atoms with Crippen molar-refractivity contribution in [2.45, 2.75) is 39.3 Å². The van der Waals surface area contributed by atoms with Crippen LogP contribution in [0.1, 0.15) is 38.6 Å². The topological polar surface area (TPSA) is 50.4 Å². The van der Waals surface area contributed by atoms with Gasteiger partial charge in [0.15, 0.2) is 0 Å². The Morgan fingerprint density at radius 2 is 2.04 bits per heavy atom. The average molecular weight is 415 g/mol. The van der Waals surface area contributed by atoms with Gasteiger partial charge >= 0.3 is 6.09 Å². The molecule has 1 amide bonds. The summed E-state index contributed by atoms with van der Waals surface area (Å²) in [4.78, 5) is 12.9. The zero-order valence-corrected chi connectivity index (χ0v) is 16.3. The number of amides is 1. The second-order valence-corrected chi connectivity index (χ2v) is 8.12. The molecule has 0 spiro atoms. The quantitative estimate of drug-likeness (QED) is 0.628. The molecule has 0 aliphatic heterocycles. The Bertz CT molecular complexity index is 728. The zero-order chi connectivity index (χ0) is 17.9. The molecular weight excluding hydrogens is 395 g/mol. The van der Waals surface area contributed by atoms with Crippen LogP contribution in [0.5, 0.6) is 0 Å². The number of benzene rings is 1. The van der Waals surface area contributed by atoms with E-state index in [1.165, 1.54) is 12.1 Å². The molecule has 0 saturated heterocycles. The van der Waals surface area contributed by atoms with Crippen molar-refractivity contribution in [3.05, 3.63) is 44.8 Å². The van der Waals surface area contributed by atoms with Crippen LogP contribution < -0.4 is 10.6 Å². The molecule has 130 valence electrons. The normalized spacial score (nSPS) is 12.6. The van der Waals surface area contributed by atoms with Gasteiger partial charge in [-0.1, -0.05) is 0 Å². The average Bonchev–Trinajstić information content (AvgIpc) is 2.86. The molecule has 24 heavy (non-hydrogen) atoms. The van der Waals surface area contributed by atoms with E-state index in [0.717, 1.165) is 9.35 Å². The Morgan fingerprint density at radius 1 is 1.33 bits per heavy atom. The highest BCUT2D eigenvalue weighted by Crippen LogP contribution is 2.32. The summed E-state index contributed by atoms with van der Waals surface area (Å²) in [7, 11) is 0. The smallest absolute Gasteiger partial charge is 0.412 e. The minimum absolute atomic E-state index is 0.0781. The first-order valence-electron chi connectivity index (χ1n) is 7.44. The summed E-state index contributed by atoms with van der Waals surface area (Å²) in [5.41, 5.74) is 0.187. The molecule has 0 bridgehead atoms.